The van der Waals surface area contributed by atoms with E-state index in [1.807, 2.05) is 60.0 Å². The molecule has 1 fully saturated rings. The number of benzene rings is 2. The molecule has 6 nitrogen and oxygen atoms in total. The molecule has 0 saturated carbocycles. The Morgan fingerprint density at radius 2 is 1.67 bits per heavy atom. The highest BCUT2D eigenvalue weighted by Crippen LogP contribution is 2.20. The van der Waals surface area contributed by atoms with E-state index < -0.39 is 0 Å². The number of amides is 2. The summed E-state index contributed by atoms with van der Waals surface area (Å²) in [5, 5.41) is 2.88. The van der Waals surface area contributed by atoms with Crippen molar-refractivity contribution in [3.63, 3.8) is 0 Å². The summed E-state index contributed by atoms with van der Waals surface area (Å²) >= 11 is 1.87. The Labute approximate surface area is 179 Å². The first-order valence-corrected chi connectivity index (χ1v) is 10.9. The lowest BCUT2D eigenvalue weighted by Crippen LogP contribution is -2.37. The number of hydrogen-bond acceptors (Lipinski definition) is 5. The summed E-state index contributed by atoms with van der Waals surface area (Å²) in [5.41, 5.74) is 3.42. The zero-order valence-corrected chi connectivity index (χ0v) is 17.5. The van der Waals surface area contributed by atoms with Gasteiger partial charge < -0.3 is 10.2 Å². The molecule has 4 rings (SSSR count). The number of nitrogens with zero attached hydrogens (tertiary/aromatic N) is 3. The van der Waals surface area contributed by atoms with Crippen LogP contribution in [-0.2, 0) is 0 Å². The summed E-state index contributed by atoms with van der Waals surface area (Å²) in [4.78, 5) is 35.8. The molecule has 1 N–H and O–H groups in total. The van der Waals surface area contributed by atoms with Crippen LogP contribution in [0.4, 0.5) is 5.69 Å². The van der Waals surface area contributed by atoms with E-state index in [1.54, 1.807) is 12.1 Å². The number of thioether (sulfide) groups is 1. The lowest BCUT2D eigenvalue weighted by molar-refractivity contribution is 0.0772. The monoisotopic (exact) mass is 418 g/mol. The standard InChI is InChI=1S/C23H22N4O2S/c1-16-13-18(23(29)27-9-11-30-12-10-27)7-8-20(16)26-22(28)19-14-24-21(25-15-19)17-5-3-2-4-6-17/h2-8,13-15H,9-12H2,1H3,(H,26,28). The molecular weight excluding hydrogens is 396 g/mol. The molecule has 0 unspecified atom stereocenters. The van der Waals surface area contributed by atoms with Crippen molar-refractivity contribution in [1.29, 1.82) is 0 Å². The number of aromatic nitrogens is 2. The van der Waals surface area contributed by atoms with Crippen LogP contribution in [0.2, 0.25) is 0 Å². The molecule has 0 aliphatic carbocycles. The van der Waals surface area contributed by atoms with E-state index >= 15 is 0 Å². The molecule has 0 atom stereocenters. The van der Waals surface area contributed by atoms with Gasteiger partial charge in [0.1, 0.15) is 0 Å². The fourth-order valence-corrected chi connectivity index (χ4v) is 4.17. The van der Waals surface area contributed by atoms with Gasteiger partial charge in [0.05, 0.1) is 5.56 Å². The van der Waals surface area contributed by atoms with Crippen LogP contribution in [0.5, 0.6) is 0 Å². The number of nitrogens with one attached hydrogen (secondary N) is 1. The highest BCUT2D eigenvalue weighted by molar-refractivity contribution is 7.99. The SMILES string of the molecule is Cc1cc(C(=O)N2CCSCC2)ccc1NC(=O)c1cnc(-c2ccccc2)nc1. The molecule has 1 aliphatic heterocycles. The van der Waals surface area contributed by atoms with Crippen LogP contribution in [0.15, 0.2) is 60.9 Å². The minimum atomic E-state index is -0.287. The zero-order valence-electron chi connectivity index (χ0n) is 16.7. The molecule has 2 amide bonds. The maximum Gasteiger partial charge on any atom is 0.258 e. The molecule has 30 heavy (non-hydrogen) atoms. The van der Waals surface area contributed by atoms with Gasteiger partial charge in [-0.1, -0.05) is 30.3 Å². The van der Waals surface area contributed by atoms with Gasteiger partial charge in [-0.25, -0.2) is 9.97 Å². The largest absolute Gasteiger partial charge is 0.337 e. The third-order valence-corrected chi connectivity index (χ3v) is 5.91. The van der Waals surface area contributed by atoms with E-state index in [-0.39, 0.29) is 11.8 Å². The van der Waals surface area contributed by atoms with E-state index in [0.717, 1.165) is 35.7 Å². The van der Waals surface area contributed by atoms with Crippen LogP contribution in [0, 0.1) is 6.92 Å². The third-order valence-electron chi connectivity index (χ3n) is 4.97. The number of carbonyl (C=O) groups excluding carboxylic acids is 2. The van der Waals surface area contributed by atoms with Crippen molar-refractivity contribution < 1.29 is 9.59 Å². The fraction of sp³-hybridized carbons (Fsp3) is 0.217. The summed E-state index contributed by atoms with van der Waals surface area (Å²) in [7, 11) is 0. The predicted molar refractivity (Wildman–Crippen MR) is 120 cm³/mol. The summed E-state index contributed by atoms with van der Waals surface area (Å²) in [6.45, 7) is 3.44. The van der Waals surface area contributed by atoms with Gasteiger partial charge in [0.15, 0.2) is 5.82 Å². The number of rotatable bonds is 4. The molecule has 3 aromatic rings. The van der Waals surface area contributed by atoms with Gasteiger partial charge in [-0.15, -0.1) is 0 Å². The molecular formula is C23H22N4O2S. The van der Waals surface area contributed by atoms with Crippen molar-refractivity contribution >= 4 is 29.3 Å². The Bertz CT molecular complexity index is 1050. The molecule has 0 bridgehead atoms. The predicted octanol–water partition coefficient (Wildman–Crippen LogP) is 3.89. The normalized spacial score (nSPS) is 13.7. The summed E-state index contributed by atoms with van der Waals surface area (Å²) < 4.78 is 0. The summed E-state index contributed by atoms with van der Waals surface area (Å²) in [6, 6.07) is 15.0. The van der Waals surface area contributed by atoms with Crippen LogP contribution < -0.4 is 5.32 Å². The Balaban J connectivity index is 1.44. The first-order valence-electron chi connectivity index (χ1n) is 9.78. The molecule has 1 saturated heterocycles. The lowest BCUT2D eigenvalue weighted by atomic mass is 10.1. The maximum atomic E-state index is 12.7. The Morgan fingerprint density at radius 3 is 2.33 bits per heavy atom. The smallest absolute Gasteiger partial charge is 0.258 e. The van der Waals surface area contributed by atoms with Crippen LogP contribution in [-0.4, -0.2) is 51.3 Å². The number of anilines is 1. The first kappa shape index (κ1) is 20.1. The van der Waals surface area contributed by atoms with E-state index in [2.05, 4.69) is 15.3 Å². The van der Waals surface area contributed by atoms with Gasteiger partial charge in [0.25, 0.3) is 11.8 Å². The van der Waals surface area contributed by atoms with Crippen molar-refractivity contribution in [2.75, 3.05) is 29.9 Å². The number of aryl methyl sites for hydroxylation is 1. The molecule has 2 heterocycles. The first-order chi connectivity index (χ1) is 14.6. The van der Waals surface area contributed by atoms with Crippen LogP contribution in [0.25, 0.3) is 11.4 Å². The van der Waals surface area contributed by atoms with E-state index in [0.29, 0.717) is 22.6 Å². The van der Waals surface area contributed by atoms with Crippen LogP contribution in [0.1, 0.15) is 26.3 Å². The average Bonchev–Trinajstić information content (AvgIpc) is 2.81. The van der Waals surface area contributed by atoms with Gasteiger partial charge in [0, 0.05) is 53.8 Å². The third kappa shape index (κ3) is 4.52. The number of hydrogen-bond donors (Lipinski definition) is 1. The van der Waals surface area contributed by atoms with Gasteiger partial charge in [0.2, 0.25) is 0 Å². The van der Waals surface area contributed by atoms with Crippen molar-refractivity contribution in [2.24, 2.45) is 0 Å². The Kier molecular flexibility index (Phi) is 6.09. The molecule has 0 spiro atoms. The van der Waals surface area contributed by atoms with E-state index in [1.165, 1.54) is 12.4 Å². The zero-order chi connectivity index (χ0) is 20.9. The molecule has 152 valence electrons. The minimum Gasteiger partial charge on any atom is -0.337 e. The molecule has 2 aromatic carbocycles. The molecule has 1 aromatic heterocycles. The van der Waals surface area contributed by atoms with Crippen molar-refractivity contribution in [3.05, 3.63) is 77.6 Å². The van der Waals surface area contributed by atoms with Gasteiger partial charge >= 0.3 is 0 Å². The van der Waals surface area contributed by atoms with E-state index in [9.17, 15) is 9.59 Å². The molecule has 7 heteroatoms. The quantitative estimate of drug-likeness (QED) is 0.696. The molecule has 0 radical (unpaired) electrons. The second-order valence-electron chi connectivity index (χ2n) is 7.05. The summed E-state index contributed by atoms with van der Waals surface area (Å²) in [5.74, 6) is 2.28. The highest BCUT2D eigenvalue weighted by Gasteiger charge is 2.19. The molecule has 1 aliphatic rings. The van der Waals surface area contributed by atoms with Crippen molar-refractivity contribution in [1.82, 2.24) is 14.9 Å². The van der Waals surface area contributed by atoms with Gasteiger partial charge in [-0.3, -0.25) is 9.59 Å². The Hall–Kier alpha value is -3.19. The second-order valence-corrected chi connectivity index (χ2v) is 8.27. The fourth-order valence-electron chi connectivity index (χ4n) is 3.26. The summed E-state index contributed by atoms with van der Waals surface area (Å²) in [6.07, 6.45) is 3.04. The van der Waals surface area contributed by atoms with Crippen LogP contribution in [0.3, 0.4) is 0 Å². The Morgan fingerprint density at radius 1 is 0.967 bits per heavy atom. The van der Waals surface area contributed by atoms with E-state index in [4.69, 9.17) is 0 Å². The van der Waals surface area contributed by atoms with Gasteiger partial charge in [-0.2, -0.15) is 11.8 Å². The second kappa shape index (κ2) is 9.09. The maximum absolute atomic E-state index is 12.7. The average molecular weight is 419 g/mol. The highest BCUT2D eigenvalue weighted by atomic mass is 32.2. The lowest BCUT2D eigenvalue weighted by Gasteiger charge is -2.26. The van der Waals surface area contributed by atoms with Crippen molar-refractivity contribution in [3.8, 4) is 11.4 Å². The minimum absolute atomic E-state index is 0.0428. The van der Waals surface area contributed by atoms with Crippen LogP contribution >= 0.6 is 11.8 Å². The number of carbonyl (C=O) groups is 2. The topological polar surface area (TPSA) is 75.2 Å². The van der Waals surface area contributed by atoms with Crippen molar-refractivity contribution in [2.45, 2.75) is 6.92 Å². The van der Waals surface area contributed by atoms with Gasteiger partial charge in [-0.05, 0) is 30.7 Å².